The molecule has 0 saturated heterocycles. The van der Waals surface area contributed by atoms with Gasteiger partial charge in [0.2, 0.25) is 5.91 Å². The molecule has 0 radical (unpaired) electrons. The Morgan fingerprint density at radius 1 is 1.44 bits per heavy atom. The molecule has 1 atom stereocenters. The van der Waals surface area contributed by atoms with Gasteiger partial charge in [0.25, 0.3) is 5.91 Å². The fourth-order valence-corrected chi connectivity index (χ4v) is 1.65. The highest BCUT2D eigenvalue weighted by Crippen LogP contribution is 2.11. The molecule has 0 aliphatic heterocycles. The number of primary amides is 1. The van der Waals surface area contributed by atoms with Gasteiger partial charge in [0, 0.05) is 6.42 Å². The SMILES string of the molecule is C=C(Br)C[C@@H](NC(=O)c1ccccc1F)C(N)=O. The van der Waals surface area contributed by atoms with Crippen LogP contribution in [0.3, 0.4) is 0 Å². The molecule has 1 aromatic carbocycles. The minimum absolute atomic E-state index is 0.135. The molecule has 3 N–H and O–H groups in total. The second kappa shape index (κ2) is 6.30. The van der Waals surface area contributed by atoms with Gasteiger partial charge in [0.15, 0.2) is 0 Å². The molecule has 0 bridgehead atoms. The summed E-state index contributed by atoms with van der Waals surface area (Å²) in [5.74, 6) is -2.05. The van der Waals surface area contributed by atoms with Crippen molar-refractivity contribution in [1.82, 2.24) is 5.32 Å². The molecular formula is C12H12BrFN2O2. The van der Waals surface area contributed by atoms with Gasteiger partial charge in [-0.2, -0.15) is 0 Å². The average Bonchev–Trinajstić information content (AvgIpc) is 2.27. The molecule has 0 unspecified atom stereocenters. The van der Waals surface area contributed by atoms with E-state index in [9.17, 15) is 14.0 Å². The standard InChI is InChI=1S/C12H12BrFN2O2/c1-7(13)6-10(11(15)17)16-12(18)8-4-2-3-5-9(8)14/h2-5,10H,1,6H2,(H2,15,17)(H,16,18)/t10-/m1/s1. The summed E-state index contributed by atoms with van der Waals surface area (Å²) < 4.78 is 13.9. The Morgan fingerprint density at radius 2 is 2.06 bits per heavy atom. The predicted molar refractivity (Wildman–Crippen MR) is 69.5 cm³/mol. The number of carbonyl (C=O) groups is 2. The highest BCUT2D eigenvalue weighted by molar-refractivity contribution is 9.11. The lowest BCUT2D eigenvalue weighted by Gasteiger charge is -2.15. The topological polar surface area (TPSA) is 72.2 Å². The minimum Gasteiger partial charge on any atom is -0.368 e. The Kier molecular flexibility index (Phi) is 5.03. The van der Waals surface area contributed by atoms with E-state index < -0.39 is 23.7 Å². The van der Waals surface area contributed by atoms with Crippen molar-refractivity contribution >= 4 is 27.7 Å². The van der Waals surface area contributed by atoms with Crippen LogP contribution in [0.4, 0.5) is 4.39 Å². The van der Waals surface area contributed by atoms with E-state index in [4.69, 9.17) is 5.73 Å². The normalized spacial score (nSPS) is 11.7. The van der Waals surface area contributed by atoms with Crippen LogP contribution in [-0.2, 0) is 4.79 Å². The molecule has 0 aromatic heterocycles. The van der Waals surface area contributed by atoms with Crippen molar-refractivity contribution in [3.05, 3.63) is 46.7 Å². The molecule has 0 heterocycles. The molecule has 0 saturated carbocycles. The fourth-order valence-electron chi connectivity index (χ4n) is 1.33. The van der Waals surface area contributed by atoms with Crippen LogP contribution < -0.4 is 11.1 Å². The number of nitrogens with two attached hydrogens (primary N) is 1. The van der Waals surface area contributed by atoms with Crippen molar-refractivity contribution in [3.63, 3.8) is 0 Å². The molecule has 0 aliphatic carbocycles. The molecule has 1 aromatic rings. The molecule has 4 nitrogen and oxygen atoms in total. The summed E-state index contributed by atoms with van der Waals surface area (Å²) >= 11 is 3.08. The van der Waals surface area contributed by atoms with Crippen LogP contribution in [0.5, 0.6) is 0 Å². The van der Waals surface area contributed by atoms with Crippen molar-refractivity contribution in [3.8, 4) is 0 Å². The van der Waals surface area contributed by atoms with Crippen molar-refractivity contribution in [1.29, 1.82) is 0 Å². The lowest BCUT2D eigenvalue weighted by molar-refractivity contribution is -0.119. The molecule has 0 fully saturated rings. The van der Waals surface area contributed by atoms with E-state index in [0.717, 1.165) is 6.07 Å². The zero-order chi connectivity index (χ0) is 13.7. The fraction of sp³-hybridized carbons (Fsp3) is 0.167. The lowest BCUT2D eigenvalue weighted by atomic mass is 10.1. The number of hydrogen-bond acceptors (Lipinski definition) is 2. The van der Waals surface area contributed by atoms with E-state index in [1.165, 1.54) is 18.2 Å². The van der Waals surface area contributed by atoms with Crippen molar-refractivity contribution in [2.75, 3.05) is 0 Å². The van der Waals surface area contributed by atoms with Crippen LogP contribution in [0.25, 0.3) is 0 Å². The van der Waals surface area contributed by atoms with Crippen molar-refractivity contribution in [2.45, 2.75) is 12.5 Å². The molecule has 0 spiro atoms. The first-order valence-corrected chi connectivity index (χ1v) is 5.89. The number of amides is 2. The van der Waals surface area contributed by atoms with Gasteiger partial charge in [0.05, 0.1) is 5.56 Å². The number of rotatable bonds is 5. The van der Waals surface area contributed by atoms with E-state index >= 15 is 0 Å². The number of carbonyl (C=O) groups excluding carboxylic acids is 2. The highest BCUT2D eigenvalue weighted by Gasteiger charge is 2.20. The van der Waals surface area contributed by atoms with Crippen LogP contribution in [-0.4, -0.2) is 17.9 Å². The summed E-state index contributed by atoms with van der Waals surface area (Å²) in [5.41, 5.74) is 5.00. The smallest absolute Gasteiger partial charge is 0.254 e. The first-order valence-electron chi connectivity index (χ1n) is 5.09. The van der Waals surface area contributed by atoms with E-state index in [1.807, 2.05) is 0 Å². The minimum atomic E-state index is -0.927. The highest BCUT2D eigenvalue weighted by atomic mass is 79.9. The second-order valence-corrected chi connectivity index (χ2v) is 4.75. The Morgan fingerprint density at radius 3 is 2.56 bits per heavy atom. The predicted octanol–water partition coefficient (Wildman–Crippen LogP) is 1.71. The third-order valence-electron chi connectivity index (χ3n) is 2.19. The molecule has 2 amide bonds. The third-order valence-corrected chi connectivity index (χ3v) is 2.52. The maximum Gasteiger partial charge on any atom is 0.254 e. The summed E-state index contributed by atoms with van der Waals surface area (Å²) in [6.45, 7) is 3.56. The van der Waals surface area contributed by atoms with Gasteiger partial charge in [-0.05, 0) is 16.6 Å². The third kappa shape index (κ3) is 3.96. The van der Waals surface area contributed by atoms with Gasteiger partial charge >= 0.3 is 0 Å². The van der Waals surface area contributed by atoms with Crippen LogP contribution in [0.1, 0.15) is 16.8 Å². The summed E-state index contributed by atoms with van der Waals surface area (Å²) in [6, 6.07) is 4.56. The van der Waals surface area contributed by atoms with Gasteiger partial charge in [-0.15, -0.1) is 0 Å². The summed E-state index contributed by atoms with van der Waals surface area (Å²) in [4.78, 5) is 22.9. The van der Waals surface area contributed by atoms with E-state index in [2.05, 4.69) is 27.8 Å². The van der Waals surface area contributed by atoms with Crippen LogP contribution >= 0.6 is 15.9 Å². The Hall–Kier alpha value is -1.69. The van der Waals surface area contributed by atoms with Gasteiger partial charge < -0.3 is 11.1 Å². The monoisotopic (exact) mass is 314 g/mol. The molecule has 18 heavy (non-hydrogen) atoms. The molecule has 6 heteroatoms. The van der Waals surface area contributed by atoms with Crippen LogP contribution in [0.15, 0.2) is 35.3 Å². The molecule has 1 rings (SSSR count). The molecule has 96 valence electrons. The lowest BCUT2D eigenvalue weighted by Crippen LogP contribution is -2.44. The molecule has 0 aliphatic rings. The maximum absolute atomic E-state index is 13.4. The summed E-state index contributed by atoms with van der Waals surface area (Å²) in [7, 11) is 0. The Labute approximate surface area is 112 Å². The van der Waals surface area contributed by atoms with Gasteiger partial charge in [-0.25, -0.2) is 4.39 Å². The second-order valence-electron chi connectivity index (χ2n) is 3.63. The zero-order valence-corrected chi connectivity index (χ0v) is 11.0. The zero-order valence-electron chi connectivity index (χ0n) is 9.45. The van der Waals surface area contributed by atoms with Gasteiger partial charge in [-0.3, -0.25) is 9.59 Å². The molecular weight excluding hydrogens is 303 g/mol. The summed E-state index contributed by atoms with van der Waals surface area (Å²) in [5, 5.41) is 2.36. The van der Waals surface area contributed by atoms with E-state index in [0.29, 0.717) is 4.48 Å². The maximum atomic E-state index is 13.4. The Balaban J connectivity index is 2.82. The number of halogens is 2. The largest absolute Gasteiger partial charge is 0.368 e. The van der Waals surface area contributed by atoms with Crippen molar-refractivity contribution in [2.24, 2.45) is 5.73 Å². The first-order chi connectivity index (χ1) is 8.41. The van der Waals surface area contributed by atoms with Gasteiger partial charge in [-0.1, -0.05) is 34.6 Å². The van der Waals surface area contributed by atoms with Crippen LogP contribution in [0, 0.1) is 5.82 Å². The summed E-state index contributed by atoms with van der Waals surface area (Å²) in [6.07, 6.45) is 0.148. The van der Waals surface area contributed by atoms with Crippen molar-refractivity contribution < 1.29 is 14.0 Å². The number of nitrogens with one attached hydrogen (secondary N) is 1. The van der Waals surface area contributed by atoms with E-state index in [-0.39, 0.29) is 12.0 Å². The van der Waals surface area contributed by atoms with Gasteiger partial charge in [0.1, 0.15) is 11.9 Å². The average molecular weight is 315 g/mol. The first kappa shape index (κ1) is 14.4. The number of benzene rings is 1. The van der Waals surface area contributed by atoms with E-state index in [1.54, 1.807) is 0 Å². The quantitative estimate of drug-likeness (QED) is 0.868. The number of hydrogen-bond donors (Lipinski definition) is 2. The van der Waals surface area contributed by atoms with Crippen LogP contribution in [0.2, 0.25) is 0 Å². The Bertz CT molecular complexity index is 491.